The van der Waals surface area contributed by atoms with Crippen LogP contribution in [0, 0.1) is 0 Å². The van der Waals surface area contributed by atoms with Gasteiger partial charge in [-0.25, -0.2) is 14.2 Å². The second kappa shape index (κ2) is 7.21. The quantitative estimate of drug-likeness (QED) is 0.860. The van der Waals surface area contributed by atoms with E-state index in [1.54, 1.807) is 6.07 Å². The van der Waals surface area contributed by atoms with Crippen molar-refractivity contribution in [1.29, 1.82) is 0 Å². The van der Waals surface area contributed by atoms with Crippen molar-refractivity contribution in [3.05, 3.63) is 70.6 Å². The average molecular weight is 300 g/mol. The number of methoxy groups -OCH3 is 1. The van der Waals surface area contributed by atoms with E-state index in [2.05, 4.69) is 5.32 Å². The number of pyridine rings is 1. The number of hydrogen-bond donors (Lipinski definition) is 1. The fourth-order valence-corrected chi connectivity index (χ4v) is 2.00. The molecule has 0 radical (unpaired) electrons. The van der Waals surface area contributed by atoms with E-state index in [0.29, 0.717) is 0 Å². The number of rotatable bonds is 4. The van der Waals surface area contributed by atoms with Crippen molar-refractivity contribution in [2.24, 2.45) is 0 Å². The largest absolute Gasteiger partial charge is 0.467 e. The van der Waals surface area contributed by atoms with Gasteiger partial charge in [0.1, 0.15) is 6.04 Å². The van der Waals surface area contributed by atoms with Crippen LogP contribution in [-0.4, -0.2) is 29.7 Å². The molecule has 6 nitrogen and oxygen atoms in total. The predicted molar refractivity (Wildman–Crippen MR) is 80.6 cm³/mol. The Bertz CT molecular complexity index is 709. The number of esters is 1. The summed E-state index contributed by atoms with van der Waals surface area (Å²) in [6, 6.07) is 12.1. The predicted octanol–water partition coefficient (Wildman–Crippen LogP) is 1.19. The number of hydrogen-bond acceptors (Lipinski definition) is 4. The number of nitrogens with one attached hydrogen (secondary N) is 1. The first-order chi connectivity index (χ1) is 10.6. The summed E-state index contributed by atoms with van der Waals surface area (Å²) in [5, 5.41) is 2.52. The lowest BCUT2D eigenvalue weighted by atomic mass is 10.1. The van der Waals surface area contributed by atoms with Crippen molar-refractivity contribution in [3.63, 3.8) is 0 Å². The maximum Gasteiger partial charge on any atom is 0.329 e. The number of carbonyl (C=O) groups is 2. The molecular weight excluding hydrogens is 284 g/mol. The van der Waals surface area contributed by atoms with Gasteiger partial charge in [-0.3, -0.25) is 4.79 Å². The third-order valence-electron chi connectivity index (χ3n) is 3.11. The second-order valence-corrected chi connectivity index (χ2v) is 4.62. The Hall–Kier alpha value is -2.89. The van der Waals surface area contributed by atoms with Crippen LogP contribution in [0.2, 0.25) is 0 Å². The molecule has 2 rings (SSSR count). The summed E-state index contributed by atoms with van der Waals surface area (Å²) in [5.74, 6) is -0.568. The summed E-state index contributed by atoms with van der Waals surface area (Å²) in [6.45, 7) is 0. The topological polar surface area (TPSA) is 77.4 Å². The van der Waals surface area contributed by atoms with Crippen LogP contribution in [0.25, 0.3) is 0 Å². The molecule has 114 valence electrons. The third kappa shape index (κ3) is 3.82. The van der Waals surface area contributed by atoms with E-state index in [0.717, 1.165) is 10.1 Å². The molecule has 22 heavy (non-hydrogen) atoms. The van der Waals surface area contributed by atoms with Crippen LogP contribution < -0.4 is 10.9 Å². The molecule has 0 fully saturated rings. The van der Waals surface area contributed by atoms with Crippen LogP contribution in [0.3, 0.4) is 0 Å². The number of nitrogens with zero attached hydrogens (tertiary/aromatic N) is 1. The van der Waals surface area contributed by atoms with Crippen LogP contribution in [0.4, 0.5) is 4.79 Å². The highest BCUT2D eigenvalue weighted by Gasteiger charge is 2.22. The van der Waals surface area contributed by atoms with Gasteiger partial charge in [0.25, 0.3) is 5.56 Å². The van der Waals surface area contributed by atoms with Gasteiger partial charge in [0.15, 0.2) is 0 Å². The van der Waals surface area contributed by atoms with E-state index in [-0.39, 0.29) is 6.42 Å². The number of ether oxygens (including phenoxy) is 1. The van der Waals surface area contributed by atoms with Gasteiger partial charge in [-0.1, -0.05) is 36.4 Å². The first-order valence-corrected chi connectivity index (χ1v) is 6.72. The molecule has 1 aromatic carbocycles. The monoisotopic (exact) mass is 300 g/mol. The molecule has 0 saturated carbocycles. The zero-order chi connectivity index (χ0) is 15.9. The second-order valence-electron chi connectivity index (χ2n) is 4.62. The maximum atomic E-state index is 12.1. The van der Waals surface area contributed by atoms with Gasteiger partial charge >= 0.3 is 12.0 Å². The van der Waals surface area contributed by atoms with Crippen LogP contribution in [0.5, 0.6) is 0 Å². The Morgan fingerprint density at radius 2 is 1.82 bits per heavy atom. The zero-order valence-electron chi connectivity index (χ0n) is 12.1. The van der Waals surface area contributed by atoms with E-state index in [1.807, 2.05) is 30.3 Å². The minimum Gasteiger partial charge on any atom is -0.467 e. The Labute approximate surface area is 127 Å². The number of benzene rings is 1. The first-order valence-electron chi connectivity index (χ1n) is 6.72. The summed E-state index contributed by atoms with van der Waals surface area (Å²) in [6.07, 6.45) is 1.62. The molecule has 0 spiro atoms. The van der Waals surface area contributed by atoms with Gasteiger partial charge in [-0.15, -0.1) is 0 Å². The molecule has 0 unspecified atom stereocenters. The molecule has 1 amide bonds. The van der Waals surface area contributed by atoms with Crippen LogP contribution in [0.15, 0.2) is 59.5 Å². The van der Waals surface area contributed by atoms with Gasteiger partial charge in [0, 0.05) is 18.7 Å². The Morgan fingerprint density at radius 1 is 1.14 bits per heavy atom. The summed E-state index contributed by atoms with van der Waals surface area (Å²) in [5.41, 5.74) is 0.405. The van der Waals surface area contributed by atoms with E-state index in [4.69, 9.17) is 4.74 Å². The van der Waals surface area contributed by atoms with Crippen molar-refractivity contribution in [1.82, 2.24) is 9.88 Å². The third-order valence-corrected chi connectivity index (χ3v) is 3.11. The smallest absolute Gasteiger partial charge is 0.329 e. The molecular formula is C16H16N2O4. The number of amides is 1. The van der Waals surface area contributed by atoms with Crippen molar-refractivity contribution < 1.29 is 14.3 Å². The molecule has 1 N–H and O–H groups in total. The molecule has 0 bridgehead atoms. The maximum absolute atomic E-state index is 12.1. The highest BCUT2D eigenvalue weighted by atomic mass is 16.5. The van der Waals surface area contributed by atoms with E-state index in [1.165, 1.54) is 25.4 Å². The van der Waals surface area contributed by atoms with Crippen LogP contribution >= 0.6 is 0 Å². The van der Waals surface area contributed by atoms with Crippen LogP contribution in [-0.2, 0) is 16.0 Å². The highest BCUT2D eigenvalue weighted by Crippen LogP contribution is 2.04. The normalized spacial score (nSPS) is 11.5. The summed E-state index contributed by atoms with van der Waals surface area (Å²) in [7, 11) is 1.25. The number of aromatic nitrogens is 1. The fourth-order valence-electron chi connectivity index (χ4n) is 2.00. The molecule has 1 aromatic heterocycles. The SMILES string of the molecule is COC(=O)[C@H](Cc1ccccc1)NC(=O)n1ccccc1=O. The molecule has 0 saturated heterocycles. The molecule has 0 aliphatic carbocycles. The van der Waals surface area contributed by atoms with E-state index in [9.17, 15) is 14.4 Å². The minimum atomic E-state index is -0.869. The van der Waals surface area contributed by atoms with Crippen molar-refractivity contribution in [2.45, 2.75) is 12.5 Å². The lowest BCUT2D eigenvalue weighted by Gasteiger charge is -2.17. The standard InChI is InChI=1S/C16H16N2O4/c1-22-15(20)13(11-12-7-3-2-4-8-12)17-16(21)18-10-6-5-9-14(18)19/h2-10,13H,11H2,1H3,(H,17,21)/t13-/m0/s1. The van der Waals surface area contributed by atoms with E-state index < -0.39 is 23.6 Å². The van der Waals surface area contributed by atoms with Crippen molar-refractivity contribution in [3.8, 4) is 0 Å². The molecule has 0 aliphatic heterocycles. The fraction of sp³-hybridized carbons (Fsp3) is 0.188. The zero-order valence-corrected chi connectivity index (χ0v) is 12.1. The molecule has 1 heterocycles. The number of carbonyl (C=O) groups excluding carboxylic acids is 2. The van der Waals surface area contributed by atoms with Crippen molar-refractivity contribution in [2.75, 3.05) is 7.11 Å². The summed E-state index contributed by atoms with van der Waals surface area (Å²) < 4.78 is 5.61. The Balaban J connectivity index is 2.17. The van der Waals surface area contributed by atoms with E-state index >= 15 is 0 Å². The van der Waals surface area contributed by atoms with Gasteiger partial charge in [0.05, 0.1) is 7.11 Å². The van der Waals surface area contributed by atoms with Crippen molar-refractivity contribution >= 4 is 12.0 Å². The van der Waals surface area contributed by atoms with Gasteiger partial charge in [-0.2, -0.15) is 0 Å². The Kier molecular flexibility index (Phi) is 5.08. The summed E-state index contributed by atoms with van der Waals surface area (Å²) in [4.78, 5) is 35.6. The van der Waals surface area contributed by atoms with Gasteiger partial charge < -0.3 is 10.1 Å². The highest BCUT2D eigenvalue weighted by molar-refractivity contribution is 5.84. The average Bonchev–Trinajstić information content (AvgIpc) is 2.54. The molecule has 0 aliphatic rings. The Morgan fingerprint density at radius 3 is 2.45 bits per heavy atom. The molecule has 6 heteroatoms. The first kappa shape index (κ1) is 15.5. The van der Waals surface area contributed by atoms with Gasteiger partial charge in [0.2, 0.25) is 0 Å². The van der Waals surface area contributed by atoms with Gasteiger partial charge in [-0.05, 0) is 11.6 Å². The molecule has 2 aromatic rings. The minimum absolute atomic E-state index is 0.279. The van der Waals surface area contributed by atoms with Crippen LogP contribution in [0.1, 0.15) is 5.56 Å². The summed E-state index contributed by atoms with van der Waals surface area (Å²) >= 11 is 0. The lowest BCUT2D eigenvalue weighted by molar-refractivity contribution is -0.142. The molecule has 1 atom stereocenters. The lowest BCUT2D eigenvalue weighted by Crippen LogP contribution is -2.47.